The molecule has 4 aromatic carbocycles. The van der Waals surface area contributed by atoms with E-state index in [9.17, 15) is 19.8 Å². The number of carbonyl (C=O) groups is 2. The van der Waals surface area contributed by atoms with E-state index in [2.05, 4.69) is 125 Å². The van der Waals surface area contributed by atoms with E-state index in [1.54, 1.807) is 13.8 Å². The minimum absolute atomic E-state index is 0.0591. The van der Waals surface area contributed by atoms with E-state index < -0.39 is 28.4 Å². The molecule has 4 unspecified atom stereocenters. The van der Waals surface area contributed by atoms with Crippen LogP contribution in [-0.4, -0.2) is 46.3 Å². The fourth-order valence-corrected chi connectivity index (χ4v) is 8.14. The van der Waals surface area contributed by atoms with E-state index in [-0.39, 0.29) is 36.8 Å². The highest BCUT2D eigenvalue weighted by Crippen LogP contribution is 2.31. The lowest BCUT2D eigenvalue weighted by Crippen LogP contribution is -2.54. The zero-order valence-electron chi connectivity index (χ0n) is 32.3. The fraction of sp³-hybridized carbons (Fsp3) is 0.511. The molecule has 4 aromatic rings. The summed E-state index contributed by atoms with van der Waals surface area (Å²) in [5.41, 5.74) is -1.17. The number of nitrogens with one attached hydrogen (secondary N) is 2. The highest BCUT2D eigenvalue weighted by molar-refractivity contribution is 6.04. The Balaban J connectivity index is 1.37. The normalized spacial score (nSPS) is 15.8. The summed E-state index contributed by atoms with van der Waals surface area (Å²) in [5, 5.41) is 34.5. The Bertz CT molecular complexity index is 1630. The standard InChI is InChI=1S/C45H62N2O4/c1-31(2)25-44(50,27-33(5)23-37-19-13-17-35-15-9-11-21-39(35)37)29-46-41(48)43(7,8)42(49)47-30-45(51,26-32(3)4)28-34(6)24-38-20-14-18-36-16-10-12-22-40(36)38/h9-22,31-34,50-51H,23-30H2,1-8H3,(H,46,48)(H,47,49). The van der Waals surface area contributed by atoms with Gasteiger partial charge in [0.1, 0.15) is 5.41 Å². The van der Waals surface area contributed by atoms with Crippen molar-refractivity contribution >= 4 is 33.4 Å². The number of hydrogen-bond acceptors (Lipinski definition) is 4. The van der Waals surface area contributed by atoms with Gasteiger partial charge in [-0.15, -0.1) is 0 Å². The number of aliphatic hydroxyl groups is 2. The molecule has 6 heteroatoms. The van der Waals surface area contributed by atoms with Crippen LogP contribution in [0.25, 0.3) is 21.5 Å². The van der Waals surface area contributed by atoms with E-state index in [1.165, 1.54) is 32.7 Å². The molecule has 0 bridgehead atoms. The lowest BCUT2D eigenvalue weighted by atomic mass is 9.81. The third-order valence-corrected chi connectivity index (χ3v) is 10.2. The maximum Gasteiger partial charge on any atom is 0.235 e. The predicted molar refractivity (Wildman–Crippen MR) is 211 cm³/mol. The zero-order valence-corrected chi connectivity index (χ0v) is 32.3. The predicted octanol–water partition coefficient (Wildman–Crippen LogP) is 8.64. The second-order valence-corrected chi connectivity index (χ2v) is 16.9. The summed E-state index contributed by atoms with van der Waals surface area (Å²) in [6, 6.07) is 29.4. The van der Waals surface area contributed by atoms with Crippen molar-refractivity contribution in [1.82, 2.24) is 10.6 Å². The quantitative estimate of drug-likeness (QED) is 0.0784. The number of fused-ring (bicyclic) bond motifs is 2. The van der Waals surface area contributed by atoms with Crippen molar-refractivity contribution in [1.29, 1.82) is 0 Å². The first-order valence-corrected chi connectivity index (χ1v) is 18.9. The van der Waals surface area contributed by atoms with Crippen molar-refractivity contribution in [2.24, 2.45) is 29.1 Å². The van der Waals surface area contributed by atoms with E-state index in [0.29, 0.717) is 25.7 Å². The van der Waals surface area contributed by atoms with Gasteiger partial charge in [-0.05, 0) is 109 Å². The maximum atomic E-state index is 13.6. The van der Waals surface area contributed by atoms with Gasteiger partial charge in [0, 0.05) is 13.1 Å². The molecule has 6 nitrogen and oxygen atoms in total. The summed E-state index contributed by atoms with van der Waals surface area (Å²) in [6.45, 7) is 15.9. The monoisotopic (exact) mass is 694 g/mol. The Labute approximate surface area is 306 Å². The van der Waals surface area contributed by atoms with Crippen molar-refractivity contribution in [3.05, 3.63) is 96.1 Å². The average molecular weight is 695 g/mol. The second kappa shape index (κ2) is 17.2. The van der Waals surface area contributed by atoms with E-state index in [1.807, 2.05) is 12.1 Å². The highest BCUT2D eigenvalue weighted by Gasteiger charge is 2.40. The number of benzene rings is 4. The maximum absolute atomic E-state index is 13.6. The second-order valence-electron chi connectivity index (χ2n) is 16.9. The van der Waals surface area contributed by atoms with Gasteiger partial charge < -0.3 is 20.8 Å². The van der Waals surface area contributed by atoms with Crippen LogP contribution in [0, 0.1) is 29.1 Å². The van der Waals surface area contributed by atoms with Crippen molar-refractivity contribution in [3.8, 4) is 0 Å². The summed E-state index contributed by atoms with van der Waals surface area (Å²) in [7, 11) is 0. The van der Waals surface area contributed by atoms with Gasteiger partial charge in [-0.25, -0.2) is 0 Å². The minimum Gasteiger partial charge on any atom is -0.388 e. The molecular formula is C45H62N2O4. The van der Waals surface area contributed by atoms with Crippen LogP contribution in [0.2, 0.25) is 0 Å². The van der Waals surface area contributed by atoms with Crippen LogP contribution in [0.3, 0.4) is 0 Å². The molecule has 4 N–H and O–H groups in total. The number of amides is 2. The molecule has 276 valence electrons. The first kappa shape index (κ1) is 40.0. The van der Waals surface area contributed by atoms with Crippen LogP contribution < -0.4 is 10.6 Å². The van der Waals surface area contributed by atoms with Gasteiger partial charge in [-0.1, -0.05) is 126 Å². The Kier molecular flexibility index (Phi) is 13.5. The fourth-order valence-electron chi connectivity index (χ4n) is 8.14. The molecule has 0 spiro atoms. The summed E-state index contributed by atoms with van der Waals surface area (Å²) in [5.74, 6) is -0.130. The Morgan fingerprint density at radius 3 is 1.27 bits per heavy atom. The van der Waals surface area contributed by atoms with Crippen LogP contribution in [0.15, 0.2) is 84.9 Å². The van der Waals surface area contributed by atoms with Crippen LogP contribution in [0.5, 0.6) is 0 Å². The summed E-state index contributed by atoms with van der Waals surface area (Å²) >= 11 is 0. The van der Waals surface area contributed by atoms with Gasteiger partial charge in [-0.3, -0.25) is 9.59 Å². The van der Waals surface area contributed by atoms with Crippen LogP contribution in [-0.2, 0) is 22.4 Å². The minimum atomic E-state index is -1.40. The van der Waals surface area contributed by atoms with Gasteiger partial charge in [0.2, 0.25) is 11.8 Å². The molecule has 0 heterocycles. The van der Waals surface area contributed by atoms with Crippen LogP contribution >= 0.6 is 0 Å². The molecule has 0 aliphatic heterocycles. The molecular weight excluding hydrogens is 633 g/mol. The topological polar surface area (TPSA) is 98.7 Å². The van der Waals surface area contributed by atoms with Crippen molar-refractivity contribution in [3.63, 3.8) is 0 Å². The zero-order chi connectivity index (χ0) is 37.4. The lowest BCUT2D eigenvalue weighted by Gasteiger charge is -2.35. The summed E-state index contributed by atoms with van der Waals surface area (Å²) < 4.78 is 0. The average Bonchev–Trinajstić information content (AvgIpc) is 3.05. The highest BCUT2D eigenvalue weighted by atomic mass is 16.3. The van der Waals surface area contributed by atoms with Crippen molar-refractivity contribution in [2.45, 2.75) is 105 Å². The summed E-state index contributed by atoms with van der Waals surface area (Å²) in [6.07, 6.45) is 3.70. The molecule has 4 atom stereocenters. The SMILES string of the molecule is CC(C)CC(O)(CNC(=O)C(C)(C)C(=O)NCC(O)(CC(C)C)CC(C)Cc1cccc2ccccc12)CC(C)Cc1cccc2ccccc12. The van der Waals surface area contributed by atoms with Crippen molar-refractivity contribution in [2.75, 3.05) is 13.1 Å². The largest absolute Gasteiger partial charge is 0.388 e. The van der Waals surface area contributed by atoms with Gasteiger partial charge >= 0.3 is 0 Å². The Hall–Kier alpha value is -3.74. The molecule has 0 saturated heterocycles. The number of carbonyl (C=O) groups excluding carboxylic acids is 2. The Morgan fingerprint density at radius 2 is 0.902 bits per heavy atom. The van der Waals surface area contributed by atoms with Crippen molar-refractivity contribution < 1.29 is 19.8 Å². The van der Waals surface area contributed by atoms with Crippen LogP contribution in [0.1, 0.15) is 92.2 Å². The van der Waals surface area contributed by atoms with Gasteiger partial charge in [0.15, 0.2) is 0 Å². The number of hydrogen-bond donors (Lipinski definition) is 4. The molecule has 0 saturated carbocycles. The third-order valence-electron chi connectivity index (χ3n) is 10.2. The number of rotatable bonds is 18. The molecule has 0 radical (unpaired) electrons. The Morgan fingerprint density at radius 1 is 0.549 bits per heavy atom. The van der Waals surface area contributed by atoms with Crippen LogP contribution in [0.4, 0.5) is 0 Å². The molecule has 51 heavy (non-hydrogen) atoms. The van der Waals surface area contributed by atoms with Gasteiger partial charge in [0.25, 0.3) is 0 Å². The molecule has 0 aromatic heterocycles. The third kappa shape index (κ3) is 11.1. The molecule has 0 fully saturated rings. The first-order chi connectivity index (χ1) is 24.0. The first-order valence-electron chi connectivity index (χ1n) is 18.9. The van der Waals surface area contributed by atoms with E-state index in [4.69, 9.17) is 0 Å². The van der Waals surface area contributed by atoms with E-state index >= 15 is 0 Å². The van der Waals surface area contributed by atoms with Gasteiger partial charge in [-0.2, -0.15) is 0 Å². The lowest BCUT2D eigenvalue weighted by molar-refractivity contribution is -0.143. The van der Waals surface area contributed by atoms with Gasteiger partial charge in [0.05, 0.1) is 11.2 Å². The smallest absolute Gasteiger partial charge is 0.235 e. The summed E-state index contributed by atoms with van der Waals surface area (Å²) in [4.78, 5) is 27.2. The molecule has 4 rings (SSSR count). The molecule has 0 aliphatic carbocycles. The molecule has 0 aliphatic rings. The molecule has 2 amide bonds. The van der Waals surface area contributed by atoms with E-state index in [0.717, 1.165) is 12.8 Å².